The Morgan fingerprint density at radius 2 is 2.00 bits per heavy atom. The number of rotatable bonds is 1. The van der Waals surface area contributed by atoms with Crippen LogP contribution in [0.2, 0.25) is 6.82 Å². The first-order valence-electron chi connectivity index (χ1n) is 5.11. The number of hydrogen-bond donors (Lipinski definition) is 0. The Morgan fingerprint density at radius 3 is 2.80 bits per heavy atom. The second kappa shape index (κ2) is 2.86. The molecular formula is C10H11BN4. The van der Waals surface area contributed by atoms with E-state index in [0.29, 0.717) is 0 Å². The SMILES string of the molecule is CBn1ccc2c1ccc1nnc(C)n12. The minimum atomic E-state index is 0.911. The van der Waals surface area contributed by atoms with Crippen LogP contribution >= 0.6 is 0 Å². The third-order valence-corrected chi connectivity index (χ3v) is 2.81. The van der Waals surface area contributed by atoms with E-state index in [1.54, 1.807) is 0 Å². The predicted octanol–water partition coefficient (Wildman–Crippen LogP) is 1.24. The summed E-state index contributed by atoms with van der Waals surface area (Å²) in [7, 11) is 0.982. The molecule has 0 aliphatic carbocycles. The van der Waals surface area contributed by atoms with Gasteiger partial charge in [0.2, 0.25) is 7.41 Å². The van der Waals surface area contributed by atoms with Crippen molar-refractivity contribution in [3.8, 4) is 0 Å². The molecule has 15 heavy (non-hydrogen) atoms. The van der Waals surface area contributed by atoms with Gasteiger partial charge < -0.3 is 4.48 Å². The van der Waals surface area contributed by atoms with Crippen LogP contribution in [0, 0.1) is 6.92 Å². The van der Waals surface area contributed by atoms with Crippen LogP contribution in [0.25, 0.3) is 16.7 Å². The third-order valence-electron chi connectivity index (χ3n) is 2.81. The summed E-state index contributed by atoms with van der Waals surface area (Å²) in [5.74, 6) is 0.935. The Labute approximate surface area is 87.8 Å². The van der Waals surface area contributed by atoms with Crippen molar-refractivity contribution in [3.63, 3.8) is 0 Å². The van der Waals surface area contributed by atoms with E-state index in [1.165, 1.54) is 11.0 Å². The molecule has 3 aromatic rings. The highest BCUT2D eigenvalue weighted by Gasteiger charge is 2.07. The van der Waals surface area contributed by atoms with Gasteiger partial charge in [0, 0.05) is 0 Å². The van der Waals surface area contributed by atoms with Gasteiger partial charge in [-0.05, 0) is 31.3 Å². The molecule has 0 radical (unpaired) electrons. The van der Waals surface area contributed by atoms with Crippen molar-refractivity contribution in [2.75, 3.05) is 0 Å². The summed E-state index contributed by atoms with van der Waals surface area (Å²) in [4.78, 5) is 0. The molecule has 0 fully saturated rings. The minimum absolute atomic E-state index is 0.911. The fraction of sp³-hybridized carbons (Fsp3) is 0.200. The minimum Gasteiger partial charge on any atom is -0.394 e. The van der Waals surface area contributed by atoms with Crippen molar-refractivity contribution in [2.24, 2.45) is 0 Å². The fourth-order valence-electron chi connectivity index (χ4n) is 2.06. The van der Waals surface area contributed by atoms with E-state index in [4.69, 9.17) is 0 Å². The molecule has 0 aliphatic rings. The summed E-state index contributed by atoms with van der Waals surface area (Å²) in [6, 6.07) is 6.22. The second-order valence-corrected chi connectivity index (χ2v) is 3.65. The summed E-state index contributed by atoms with van der Waals surface area (Å²) >= 11 is 0. The van der Waals surface area contributed by atoms with Crippen molar-refractivity contribution < 1.29 is 0 Å². The maximum absolute atomic E-state index is 4.11. The third kappa shape index (κ3) is 1.03. The fourth-order valence-corrected chi connectivity index (χ4v) is 2.06. The van der Waals surface area contributed by atoms with E-state index in [2.05, 4.69) is 44.2 Å². The van der Waals surface area contributed by atoms with Gasteiger partial charge >= 0.3 is 0 Å². The van der Waals surface area contributed by atoms with Crippen molar-refractivity contribution in [1.29, 1.82) is 0 Å². The molecule has 0 bridgehead atoms. The van der Waals surface area contributed by atoms with E-state index in [1.807, 2.05) is 13.0 Å². The lowest BCUT2D eigenvalue weighted by molar-refractivity contribution is 1.02. The second-order valence-electron chi connectivity index (χ2n) is 3.65. The Morgan fingerprint density at radius 1 is 1.13 bits per heavy atom. The van der Waals surface area contributed by atoms with E-state index in [0.717, 1.165) is 18.9 Å². The zero-order chi connectivity index (χ0) is 10.4. The van der Waals surface area contributed by atoms with Gasteiger partial charge in [-0.3, -0.25) is 4.40 Å². The first-order valence-corrected chi connectivity index (χ1v) is 5.11. The van der Waals surface area contributed by atoms with Crippen LogP contribution < -0.4 is 0 Å². The lowest BCUT2D eigenvalue weighted by Crippen LogP contribution is -1.99. The van der Waals surface area contributed by atoms with E-state index >= 15 is 0 Å². The topological polar surface area (TPSA) is 35.1 Å². The Kier molecular flexibility index (Phi) is 1.62. The number of nitrogens with zero attached hydrogens (tertiary/aromatic N) is 4. The number of fused-ring (bicyclic) bond motifs is 3. The van der Waals surface area contributed by atoms with Crippen LogP contribution in [0.4, 0.5) is 0 Å². The normalized spacial score (nSPS) is 11.3. The molecule has 0 N–H and O–H groups in total. The lowest BCUT2D eigenvalue weighted by atomic mass is 10.00. The molecular weight excluding hydrogens is 187 g/mol. The zero-order valence-corrected chi connectivity index (χ0v) is 8.81. The molecule has 0 aromatic carbocycles. The molecule has 0 saturated carbocycles. The smallest absolute Gasteiger partial charge is 0.238 e. The Balaban J connectivity index is 2.54. The molecule has 74 valence electrons. The van der Waals surface area contributed by atoms with Gasteiger partial charge in [0.15, 0.2) is 5.65 Å². The molecule has 0 amide bonds. The summed E-state index contributed by atoms with van der Waals surface area (Å²) in [5, 5.41) is 8.19. The Bertz CT molecular complexity index is 637. The van der Waals surface area contributed by atoms with Gasteiger partial charge in [0.1, 0.15) is 5.82 Å². The average Bonchev–Trinajstić information content (AvgIpc) is 2.81. The maximum atomic E-state index is 4.11. The quantitative estimate of drug-likeness (QED) is 0.551. The number of pyridine rings is 1. The molecule has 0 aliphatic heterocycles. The molecule has 5 heteroatoms. The molecule has 0 saturated heterocycles. The van der Waals surface area contributed by atoms with Crippen LogP contribution in [0.5, 0.6) is 0 Å². The van der Waals surface area contributed by atoms with Crippen molar-refractivity contribution in [3.05, 3.63) is 30.2 Å². The first kappa shape index (κ1) is 8.53. The number of hydrogen-bond acceptors (Lipinski definition) is 2. The van der Waals surface area contributed by atoms with Crippen molar-refractivity contribution in [1.82, 2.24) is 19.1 Å². The highest BCUT2D eigenvalue weighted by atomic mass is 15.2. The summed E-state index contributed by atoms with van der Waals surface area (Å²) in [6.45, 7) is 4.12. The average molecular weight is 198 g/mol. The van der Waals surface area contributed by atoms with E-state index in [9.17, 15) is 0 Å². The van der Waals surface area contributed by atoms with Crippen molar-refractivity contribution in [2.45, 2.75) is 13.7 Å². The highest BCUT2D eigenvalue weighted by molar-refractivity contribution is 6.33. The maximum Gasteiger partial charge on any atom is 0.238 e. The van der Waals surface area contributed by atoms with Crippen LogP contribution in [0.3, 0.4) is 0 Å². The van der Waals surface area contributed by atoms with Crippen LogP contribution in [-0.4, -0.2) is 26.5 Å². The van der Waals surface area contributed by atoms with Crippen LogP contribution in [-0.2, 0) is 0 Å². The van der Waals surface area contributed by atoms with E-state index in [-0.39, 0.29) is 0 Å². The first-order chi connectivity index (χ1) is 7.31. The van der Waals surface area contributed by atoms with Gasteiger partial charge in [0.05, 0.1) is 11.0 Å². The summed E-state index contributed by atoms with van der Waals surface area (Å²) in [6.07, 6.45) is 2.10. The van der Waals surface area contributed by atoms with E-state index < -0.39 is 0 Å². The molecule has 0 unspecified atom stereocenters. The van der Waals surface area contributed by atoms with Gasteiger partial charge in [-0.2, -0.15) is 0 Å². The monoisotopic (exact) mass is 198 g/mol. The zero-order valence-electron chi connectivity index (χ0n) is 8.81. The molecule has 0 atom stereocenters. The number of aromatic nitrogens is 4. The summed E-state index contributed by atoms with van der Waals surface area (Å²) < 4.78 is 4.30. The van der Waals surface area contributed by atoms with Crippen LogP contribution in [0.15, 0.2) is 24.4 Å². The molecule has 3 aromatic heterocycles. The van der Waals surface area contributed by atoms with Crippen molar-refractivity contribution >= 4 is 24.1 Å². The Hall–Kier alpha value is -1.78. The summed E-state index contributed by atoms with van der Waals surface area (Å²) in [5.41, 5.74) is 3.32. The molecule has 3 heterocycles. The standard InChI is InChI=1S/C10H11BN4/c1-7-12-13-10-4-3-8-9(15(7)10)5-6-14(8)11-2/h3-6,11H,1-2H3. The van der Waals surface area contributed by atoms with Crippen LogP contribution in [0.1, 0.15) is 5.82 Å². The number of aryl methyl sites for hydroxylation is 1. The predicted molar refractivity (Wildman–Crippen MR) is 61.6 cm³/mol. The molecule has 4 nitrogen and oxygen atoms in total. The molecule has 0 spiro atoms. The van der Waals surface area contributed by atoms with Gasteiger partial charge in [-0.25, -0.2) is 0 Å². The largest absolute Gasteiger partial charge is 0.394 e. The van der Waals surface area contributed by atoms with Gasteiger partial charge in [-0.1, -0.05) is 6.82 Å². The van der Waals surface area contributed by atoms with Gasteiger partial charge in [-0.15, -0.1) is 10.2 Å². The lowest BCUT2D eigenvalue weighted by Gasteiger charge is -2.01. The van der Waals surface area contributed by atoms with Gasteiger partial charge in [0.25, 0.3) is 0 Å². The highest BCUT2D eigenvalue weighted by Crippen LogP contribution is 2.17. The molecule has 3 rings (SSSR count).